The third kappa shape index (κ3) is 4.18. The number of hydrogen-bond donors (Lipinski definition) is 1. The minimum absolute atomic E-state index is 0.566. The predicted octanol–water partition coefficient (Wildman–Crippen LogP) is 2.30. The average Bonchev–Trinajstić information content (AvgIpc) is 2.53. The molecular weight excluding hydrogens is 250 g/mol. The van der Waals surface area contributed by atoms with Gasteiger partial charge in [-0.3, -0.25) is 0 Å². The van der Waals surface area contributed by atoms with E-state index in [1.165, 1.54) is 38.0 Å². The summed E-state index contributed by atoms with van der Waals surface area (Å²) < 4.78 is 5.07. The van der Waals surface area contributed by atoms with Crippen molar-refractivity contribution >= 4 is 0 Å². The molecule has 4 nitrogen and oxygen atoms in total. The van der Waals surface area contributed by atoms with Crippen molar-refractivity contribution in [2.45, 2.75) is 39.3 Å². The van der Waals surface area contributed by atoms with Crippen LogP contribution in [0.2, 0.25) is 0 Å². The van der Waals surface area contributed by atoms with Crippen molar-refractivity contribution in [3.05, 3.63) is 23.9 Å². The number of methoxy groups -OCH3 is 1. The smallest absolute Gasteiger partial charge is 0.212 e. The Balaban J connectivity index is 1.75. The number of nitrogens with one attached hydrogen (secondary N) is 1. The van der Waals surface area contributed by atoms with Gasteiger partial charge < -0.3 is 15.0 Å². The lowest BCUT2D eigenvalue weighted by atomic mass is 9.90. The molecule has 0 amide bonds. The van der Waals surface area contributed by atoms with Gasteiger partial charge >= 0.3 is 0 Å². The number of rotatable bonds is 6. The molecule has 20 heavy (non-hydrogen) atoms. The highest BCUT2D eigenvalue weighted by Crippen LogP contribution is 2.20. The Kier molecular flexibility index (Phi) is 5.80. The lowest BCUT2D eigenvalue weighted by molar-refractivity contribution is 0.168. The molecule has 1 fully saturated rings. The first-order chi connectivity index (χ1) is 9.72. The number of pyridine rings is 1. The number of ether oxygens (including phenoxy) is 1. The quantitative estimate of drug-likeness (QED) is 0.866. The van der Waals surface area contributed by atoms with E-state index in [2.05, 4.69) is 35.1 Å². The van der Waals surface area contributed by atoms with Crippen molar-refractivity contribution in [3.8, 4) is 5.88 Å². The first-order valence-corrected chi connectivity index (χ1v) is 7.67. The molecule has 0 aromatic carbocycles. The van der Waals surface area contributed by atoms with E-state index in [9.17, 15) is 0 Å². The van der Waals surface area contributed by atoms with Crippen LogP contribution in [0.1, 0.15) is 32.3 Å². The van der Waals surface area contributed by atoms with Gasteiger partial charge in [-0.1, -0.05) is 13.0 Å². The van der Waals surface area contributed by atoms with Gasteiger partial charge in [0.2, 0.25) is 5.88 Å². The van der Waals surface area contributed by atoms with Gasteiger partial charge in [-0.05, 0) is 50.9 Å². The normalized spacial score (nSPS) is 18.9. The van der Waals surface area contributed by atoms with E-state index >= 15 is 0 Å². The summed E-state index contributed by atoms with van der Waals surface area (Å²) in [4.78, 5) is 6.78. The van der Waals surface area contributed by atoms with Gasteiger partial charge in [-0.15, -0.1) is 0 Å². The minimum atomic E-state index is 0.566. The monoisotopic (exact) mass is 277 g/mol. The maximum atomic E-state index is 5.07. The first-order valence-electron chi connectivity index (χ1n) is 7.67. The summed E-state index contributed by atoms with van der Waals surface area (Å²) in [6.45, 7) is 9.12. The van der Waals surface area contributed by atoms with E-state index in [0.29, 0.717) is 11.9 Å². The molecule has 1 aliphatic rings. The first kappa shape index (κ1) is 15.3. The zero-order chi connectivity index (χ0) is 14.4. The summed E-state index contributed by atoms with van der Waals surface area (Å²) in [6.07, 6.45) is 4.50. The Morgan fingerprint density at radius 2 is 2.15 bits per heavy atom. The fourth-order valence-electron chi connectivity index (χ4n) is 2.85. The van der Waals surface area contributed by atoms with Crippen LogP contribution in [0.15, 0.2) is 18.3 Å². The van der Waals surface area contributed by atoms with E-state index in [1.54, 1.807) is 7.11 Å². The summed E-state index contributed by atoms with van der Waals surface area (Å²) in [5.74, 6) is 1.47. The standard InChI is InChI=1S/C16H27N3O/c1-4-19-9-7-15(8-10-19)13(2)17-11-14-5-6-16(20-3)18-12-14/h5-6,12-13,15,17H,4,7-11H2,1-3H3. The van der Waals surface area contributed by atoms with Crippen LogP contribution in [-0.4, -0.2) is 42.7 Å². The van der Waals surface area contributed by atoms with Crippen LogP contribution < -0.4 is 10.1 Å². The molecule has 4 heteroatoms. The second-order valence-electron chi connectivity index (χ2n) is 5.65. The van der Waals surface area contributed by atoms with Crippen molar-refractivity contribution < 1.29 is 4.74 Å². The highest BCUT2D eigenvalue weighted by atomic mass is 16.5. The summed E-state index contributed by atoms with van der Waals surface area (Å²) in [5.41, 5.74) is 1.21. The molecule has 112 valence electrons. The largest absolute Gasteiger partial charge is 0.481 e. The zero-order valence-corrected chi connectivity index (χ0v) is 12.9. The number of piperidine rings is 1. The summed E-state index contributed by atoms with van der Waals surface area (Å²) in [7, 11) is 1.64. The Hall–Kier alpha value is -1.13. The molecule has 2 heterocycles. The van der Waals surface area contributed by atoms with Crippen molar-refractivity contribution in [1.29, 1.82) is 0 Å². The lowest BCUT2D eigenvalue weighted by Gasteiger charge is -2.34. The fraction of sp³-hybridized carbons (Fsp3) is 0.688. The van der Waals surface area contributed by atoms with Gasteiger partial charge in [-0.25, -0.2) is 4.98 Å². The summed E-state index contributed by atoms with van der Waals surface area (Å²) >= 11 is 0. The molecule has 0 radical (unpaired) electrons. The highest BCUT2D eigenvalue weighted by Gasteiger charge is 2.22. The summed E-state index contributed by atoms with van der Waals surface area (Å²) in [5, 5.41) is 3.64. The number of aromatic nitrogens is 1. The molecule has 1 atom stereocenters. The van der Waals surface area contributed by atoms with E-state index in [0.717, 1.165) is 12.5 Å². The zero-order valence-electron chi connectivity index (χ0n) is 12.9. The molecule has 1 N–H and O–H groups in total. The molecule has 0 aliphatic carbocycles. The Labute approximate surface area is 122 Å². The summed E-state index contributed by atoms with van der Waals surface area (Å²) in [6, 6.07) is 4.56. The van der Waals surface area contributed by atoms with Crippen LogP contribution in [0.3, 0.4) is 0 Å². The van der Waals surface area contributed by atoms with E-state index < -0.39 is 0 Å². The molecule has 1 saturated heterocycles. The van der Waals surface area contributed by atoms with Crippen LogP contribution in [-0.2, 0) is 6.54 Å². The molecule has 1 aromatic rings. The molecule has 0 spiro atoms. The van der Waals surface area contributed by atoms with Crippen LogP contribution in [0.4, 0.5) is 0 Å². The topological polar surface area (TPSA) is 37.4 Å². The van der Waals surface area contributed by atoms with Gasteiger partial charge in [0, 0.05) is 24.8 Å². The Morgan fingerprint density at radius 1 is 1.40 bits per heavy atom. The number of likely N-dealkylation sites (tertiary alicyclic amines) is 1. The predicted molar refractivity (Wildman–Crippen MR) is 81.9 cm³/mol. The highest BCUT2D eigenvalue weighted by molar-refractivity contribution is 5.17. The Morgan fingerprint density at radius 3 is 2.70 bits per heavy atom. The van der Waals surface area contributed by atoms with Crippen LogP contribution >= 0.6 is 0 Å². The molecule has 1 aliphatic heterocycles. The number of nitrogens with zero attached hydrogens (tertiary/aromatic N) is 2. The van der Waals surface area contributed by atoms with E-state index in [4.69, 9.17) is 4.74 Å². The molecule has 1 aromatic heterocycles. The van der Waals surface area contributed by atoms with E-state index in [1.807, 2.05) is 12.3 Å². The van der Waals surface area contributed by atoms with Crippen LogP contribution in [0.5, 0.6) is 5.88 Å². The van der Waals surface area contributed by atoms with Crippen molar-refractivity contribution in [2.24, 2.45) is 5.92 Å². The third-order valence-corrected chi connectivity index (χ3v) is 4.42. The second-order valence-corrected chi connectivity index (χ2v) is 5.65. The fourth-order valence-corrected chi connectivity index (χ4v) is 2.85. The lowest BCUT2D eigenvalue weighted by Crippen LogP contribution is -2.41. The second kappa shape index (κ2) is 7.60. The molecule has 0 saturated carbocycles. The molecular formula is C16H27N3O. The molecule has 2 rings (SSSR count). The van der Waals surface area contributed by atoms with Crippen molar-refractivity contribution in [1.82, 2.24) is 15.2 Å². The molecule has 0 bridgehead atoms. The van der Waals surface area contributed by atoms with Crippen molar-refractivity contribution in [2.75, 3.05) is 26.7 Å². The number of hydrogen-bond acceptors (Lipinski definition) is 4. The van der Waals surface area contributed by atoms with Gasteiger partial charge in [0.25, 0.3) is 0 Å². The maximum absolute atomic E-state index is 5.07. The third-order valence-electron chi connectivity index (χ3n) is 4.42. The van der Waals surface area contributed by atoms with E-state index in [-0.39, 0.29) is 0 Å². The SMILES string of the molecule is CCN1CCC(C(C)NCc2ccc(OC)nc2)CC1. The van der Waals surface area contributed by atoms with Gasteiger partial charge in [0.05, 0.1) is 7.11 Å². The van der Waals surface area contributed by atoms with Gasteiger partial charge in [0.1, 0.15) is 0 Å². The maximum Gasteiger partial charge on any atom is 0.212 e. The van der Waals surface area contributed by atoms with Crippen LogP contribution in [0, 0.1) is 5.92 Å². The van der Waals surface area contributed by atoms with Gasteiger partial charge in [-0.2, -0.15) is 0 Å². The Bertz CT molecular complexity index is 385. The minimum Gasteiger partial charge on any atom is -0.481 e. The van der Waals surface area contributed by atoms with Gasteiger partial charge in [0.15, 0.2) is 0 Å². The van der Waals surface area contributed by atoms with Crippen molar-refractivity contribution in [3.63, 3.8) is 0 Å². The molecule has 1 unspecified atom stereocenters. The van der Waals surface area contributed by atoms with Crippen LogP contribution in [0.25, 0.3) is 0 Å². The average molecular weight is 277 g/mol.